The predicted molar refractivity (Wildman–Crippen MR) is 164 cm³/mol. The van der Waals surface area contributed by atoms with Crippen molar-refractivity contribution in [3.63, 3.8) is 0 Å². The molecule has 0 aliphatic heterocycles. The number of hydrogen-bond acceptors (Lipinski definition) is 9. The maximum atomic E-state index is 13.6. The number of hydrogen-bond donors (Lipinski definition) is 0. The van der Waals surface area contributed by atoms with Crippen LogP contribution in [0.2, 0.25) is 0 Å². The van der Waals surface area contributed by atoms with E-state index in [-0.39, 0.29) is 29.3 Å². The van der Waals surface area contributed by atoms with Crippen LogP contribution < -0.4 is 9.64 Å². The van der Waals surface area contributed by atoms with Gasteiger partial charge >= 0.3 is 5.97 Å². The molecule has 0 saturated heterocycles. The molecule has 1 amide bonds. The normalized spacial score (nSPS) is 10.5. The van der Waals surface area contributed by atoms with Crippen molar-refractivity contribution in [2.75, 3.05) is 30.9 Å². The van der Waals surface area contributed by atoms with E-state index in [2.05, 4.69) is 6.07 Å². The van der Waals surface area contributed by atoms with Crippen molar-refractivity contribution >= 4 is 35.0 Å². The summed E-state index contributed by atoms with van der Waals surface area (Å²) in [5, 5.41) is 22.1. The van der Waals surface area contributed by atoms with Gasteiger partial charge in [-0.3, -0.25) is 19.7 Å². The Bertz CT molecular complexity index is 1690. The number of carbonyl (C=O) groups excluding carboxylic acids is 2. The highest BCUT2D eigenvalue weighted by molar-refractivity contribution is 8.00. The molecule has 0 aliphatic carbocycles. The summed E-state index contributed by atoms with van der Waals surface area (Å²) in [6.07, 6.45) is 0. The number of pyridine rings is 1. The first-order valence-electron chi connectivity index (χ1n) is 13.2. The Morgan fingerprint density at radius 3 is 2.40 bits per heavy atom. The average molecular weight is 597 g/mol. The Morgan fingerprint density at radius 2 is 1.77 bits per heavy atom. The number of amides is 1. The number of nitrogens with zero attached hydrogens (tertiary/aromatic N) is 4. The average Bonchev–Trinajstić information content (AvgIpc) is 3.02. The molecule has 10 nitrogen and oxygen atoms in total. The lowest BCUT2D eigenvalue weighted by Crippen LogP contribution is -2.37. The molecule has 4 aromatic rings. The van der Waals surface area contributed by atoms with E-state index in [9.17, 15) is 25.0 Å². The van der Waals surface area contributed by atoms with Gasteiger partial charge in [-0.25, -0.2) is 4.98 Å². The molecular formula is C32H28N4O6S. The van der Waals surface area contributed by atoms with Gasteiger partial charge in [-0.2, -0.15) is 5.26 Å². The van der Waals surface area contributed by atoms with E-state index in [0.29, 0.717) is 27.6 Å². The molecule has 0 spiro atoms. The standard InChI is InChI=1S/C32H28N4O6S/c1-4-42-31(38)19-35(24-13-10-21(2)29(16-24)36(39)40)30(37)20-43-32-27(18-33)26(22-11-14-25(41-3)15-12-22)17-28(34-32)23-8-6-5-7-9-23/h5-17H,4,19-20H2,1-3H3. The van der Waals surface area contributed by atoms with Crippen LogP contribution in [0.4, 0.5) is 11.4 Å². The first-order valence-corrected chi connectivity index (χ1v) is 14.2. The number of benzene rings is 3. The summed E-state index contributed by atoms with van der Waals surface area (Å²) >= 11 is 1.05. The fraction of sp³-hybridized carbons (Fsp3) is 0.188. The largest absolute Gasteiger partial charge is 0.497 e. The number of carbonyl (C=O) groups is 2. The number of anilines is 1. The molecule has 0 fully saturated rings. The third kappa shape index (κ3) is 7.36. The van der Waals surface area contributed by atoms with Gasteiger partial charge in [0.2, 0.25) is 5.91 Å². The minimum Gasteiger partial charge on any atom is -0.497 e. The lowest BCUT2D eigenvalue weighted by Gasteiger charge is -2.22. The monoisotopic (exact) mass is 596 g/mol. The molecule has 0 N–H and O–H groups in total. The van der Waals surface area contributed by atoms with Gasteiger partial charge in [-0.05, 0) is 43.7 Å². The number of nitro benzene ring substituents is 1. The maximum Gasteiger partial charge on any atom is 0.326 e. The summed E-state index contributed by atoms with van der Waals surface area (Å²) in [7, 11) is 1.57. The van der Waals surface area contributed by atoms with Crippen molar-refractivity contribution in [1.29, 1.82) is 5.26 Å². The predicted octanol–water partition coefficient (Wildman–Crippen LogP) is 6.20. The van der Waals surface area contributed by atoms with Crippen molar-refractivity contribution in [2.45, 2.75) is 18.9 Å². The third-order valence-corrected chi connectivity index (χ3v) is 7.46. The molecule has 0 radical (unpaired) electrons. The second-order valence-corrected chi connectivity index (χ2v) is 10.2. The third-order valence-electron chi connectivity index (χ3n) is 6.50. The Labute approximate surface area is 253 Å². The highest BCUT2D eigenvalue weighted by Crippen LogP contribution is 2.35. The highest BCUT2D eigenvalue weighted by atomic mass is 32.2. The van der Waals surface area contributed by atoms with Crippen LogP contribution in [0.1, 0.15) is 18.1 Å². The summed E-state index contributed by atoms with van der Waals surface area (Å²) in [5.74, 6) is -0.716. The van der Waals surface area contributed by atoms with Crippen LogP contribution >= 0.6 is 11.8 Å². The van der Waals surface area contributed by atoms with Crippen LogP contribution in [-0.4, -0.2) is 47.8 Å². The second kappa shape index (κ2) is 14.1. The number of esters is 1. The molecular weight excluding hydrogens is 568 g/mol. The summed E-state index contributed by atoms with van der Waals surface area (Å²) < 4.78 is 10.3. The van der Waals surface area contributed by atoms with Gasteiger partial charge in [-0.15, -0.1) is 0 Å². The van der Waals surface area contributed by atoms with E-state index in [1.807, 2.05) is 48.5 Å². The number of aromatic nitrogens is 1. The minimum atomic E-state index is -0.659. The number of thioether (sulfide) groups is 1. The van der Waals surface area contributed by atoms with Crippen LogP contribution in [0.25, 0.3) is 22.4 Å². The fourth-order valence-electron chi connectivity index (χ4n) is 4.32. The maximum absolute atomic E-state index is 13.6. The zero-order valence-corrected chi connectivity index (χ0v) is 24.6. The molecule has 0 unspecified atom stereocenters. The highest BCUT2D eigenvalue weighted by Gasteiger charge is 2.24. The van der Waals surface area contributed by atoms with Gasteiger partial charge in [0.1, 0.15) is 23.4 Å². The smallest absolute Gasteiger partial charge is 0.326 e. The summed E-state index contributed by atoms with van der Waals surface area (Å²) in [6.45, 7) is 2.91. The molecule has 4 rings (SSSR count). The first-order chi connectivity index (χ1) is 20.7. The van der Waals surface area contributed by atoms with Gasteiger partial charge in [0, 0.05) is 22.8 Å². The molecule has 1 aromatic heterocycles. The number of nitriles is 1. The Hall–Kier alpha value is -5.21. The molecule has 0 bridgehead atoms. The van der Waals surface area contributed by atoms with E-state index in [4.69, 9.17) is 14.5 Å². The quantitative estimate of drug-likeness (QED) is 0.0858. The zero-order chi connectivity index (χ0) is 30.9. The summed E-state index contributed by atoms with van der Waals surface area (Å²) in [4.78, 5) is 42.9. The van der Waals surface area contributed by atoms with Crippen LogP contribution in [0.3, 0.4) is 0 Å². The van der Waals surface area contributed by atoms with Crippen LogP contribution in [0.15, 0.2) is 83.9 Å². The molecule has 0 saturated carbocycles. The lowest BCUT2D eigenvalue weighted by molar-refractivity contribution is -0.385. The van der Waals surface area contributed by atoms with Crippen molar-refractivity contribution in [3.8, 4) is 34.2 Å². The van der Waals surface area contributed by atoms with Gasteiger partial charge in [0.25, 0.3) is 5.69 Å². The van der Waals surface area contributed by atoms with Gasteiger partial charge in [0.15, 0.2) is 0 Å². The topological polar surface area (TPSA) is 136 Å². The molecule has 11 heteroatoms. The van der Waals surface area contributed by atoms with Crippen molar-refractivity contribution < 1.29 is 24.0 Å². The van der Waals surface area contributed by atoms with E-state index >= 15 is 0 Å². The van der Waals surface area contributed by atoms with E-state index in [1.165, 1.54) is 12.1 Å². The molecule has 0 atom stereocenters. The van der Waals surface area contributed by atoms with Crippen molar-refractivity contribution in [3.05, 3.63) is 100 Å². The van der Waals surface area contributed by atoms with Crippen molar-refractivity contribution in [2.24, 2.45) is 0 Å². The molecule has 218 valence electrons. The number of nitro groups is 1. The number of ether oxygens (including phenoxy) is 2. The zero-order valence-electron chi connectivity index (χ0n) is 23.8. The van der Waals surface area contributed by atoms with Crippen LogP contribution in [-0.2, 0) is 14.3 Å². The lowest BCUT2D eigenvalue weighted by atomic mass is 9.99. The van der Waals surface area contributed by atoms with Gasteiger partial charge in [-0.1, -0.05) is 60.3 Å². The van der Waals surface area contributed by atoms with E-state index in [1.54, 1.807) is 39.2 Å². The number of aryl methyl sites for hydroxylation is 1. The van der Waals surface area contributed by atoms with E-state index < -0.39 is 23.3 Å². The summed E-state index contributed by atoms with van der Waals surface area (Å²) in [6, 6.07) is 25.1. The van der Waals surface area contributed by atoms with Crippen molar-refractivity contribution in [1.82, 2.24) is 4.98 Å². The van der Waals surface area contributed by atoms with Gasteiger partial charge in [0.05, 0.1) is 41.3 Å². The Morgan fingerprint density at radius 1 is 1.05 bits per heavy atom. The first kappa shape index (κ1) is 30.7. The number of methoxy groups -OCH3 is 1. The molecule has 43 heavy (non-hydrogen) atoms. The van der Waals surface area contributed by atoms with Crippen LogP contribution in [0, 0.1) is 28.4 Å². The molecule has 1 heterocycles. The molecule has 3 aromatic carbocycles. The SMILES string of the molecule is CCOC(=O)CN(C(=O)CSc1nc(-c2ccccc2)cc(-c2ccc(OC)cc2)c1C#N)c1ccc(C)c([N+](=O)[O-])c1. The second-order valence-electron chi connectivity index (χ2n) is 9.24. The molecule has 0 aliphatic rings. The fourth-order valence-corrected chi connectivity index (χ4v) is 5.20. The Balaban J connectivity index is 1.73. The number of rotatable bonds is 11. The minimum absolute atomic E-state index is 0.111. The van der Waals surface area contributed by atoms with Crippen LogP contribution in [0.5, 0.6) is 5.75 Å². The Kier molecular flexibility index (Phi) is 10.1. The summed E-state index contributed by atoms with van der Waals surface area (Å²) in [5.41, 5.74) is 3.53. The van der Waals surface area contributed by atoms with E-state index in [0.717, 1.165) is 27.8 Å². The van der Waals surface area contributed by atoms with Gasteiger partial charge < -0.3 is 14.4 Å².